The van der Waals surface area contributed by atoms with Gasteiger partial charge in [0.15, 0.2) is 0 Å². The molecule has 6 heteroatoms. The molecule has 3 rings (SSSR count). The standard InChI is InChI=1S/C16H20FN3O2/c1-11-16(22)20-8-4-5-12(20)9-19(11)10-15(21)18-14-7-3-2-6-13(14)17/h2-3,6-7,11-12H,4-5,8-10H2,1H3,(H,18,21)/t11-,12-/m1/s1. The van der Waals surface area contributed by atoms with Crippen LogP contribution in [0, 0.1) is 5.82 Å². The van der Waals surface area contributed by atoms with Gasteiger partial charge in [-0.15, -0.1) is 0 Å². The molecular formula is C16H20FN3O2. The van der Waals surface area contributed by atoms with E-state index >= 15 is 0 Å². The Hall–Kier alpha value is -1.95. The van der Waals surface area contributed by atoms with Gasteiger partial charge in [0.2, 0.25) is 11.8 Å². The van der Waals surface area contributed by atoms with Crippen molar-refractivity contribution in [3.8, 4) is 0 Å². The van der Waals surface area contributed by atoms with Crippen LogP contribution in [0.25, 0.3) is 0 Å². The molecule has 2 aliphatic heterocycles. The van der Waals surface area contributed by atoms with Crippen molar-refractivity contribution < 1.29 is 14.0 Å². The Balaban J connectivity index is 1.64. The van der Waals surface area contributed by atoms with Gasteiger partial charge >= 0.3 is 0 Å². The van der Waals surface area contributed by atoms with Gasteiger partial charge in [-0.25, -0.2) is 4.39 Å². The molecule has 1 aromatic rings. The first-order chi connectivity index (χ1) is 10.6. The van der Waals surface area contributed by atoms with Gasteiger partial charge in [-0.1, -0.05) is 12.1 Å². The van der Waals surface area contributed by atoms with Gasteiger partial charge in [0, 0.05) is 19.1 Å². The first-order valence-corrected chi connectivity index (χ1v) is 7.65. The maximum Gasteiger partial charge on any atom is 0.239 e. The smallest absolute Gasteiger partial charge is 0.239 e. The minimum absolute atomic E-state index is 0.0902. The molecule has 5 nitrogen and oxygen atoms in total. The summed E-state index contributed by atoms with van der Waals surface area (Å²) in [5.41, 5.74) is 0.172. The zero-order valence-electron chi connectivity index (χ0n) is 12.6. The highest BCUT2D eigenvalue weighted by molar-refractivity contribution is 5.93. The molecule has 0 unspecified atom stereocenters. The summed E-state index contributed by atoms with van der Waals surface area (Å²) >= 11 is 0. The fourth-order valence-corrected chi connectivity index (χ4v) is 3.28. The van der Waals surface area contributed by atoms with Crippen molar-refractivity contribution in [1.29, 1.82) is 0 Å². The number of para-hydroxylation sites is 1. The lowest BCUT2D eigenvalue weighted by molar-refractivity contribution is -0.143. The van der Waals surface area contributed by atoms with Gasteiger partial charge < -0.3 is 10.2 Å². The molecule has 22 heavy (non-hydrogen) atoms. The molecule has 0 radical (unpaired) electrons. The molecule has 2 fully saturated rings. The Morgan fingerprint density at radius 1 is 1.41 bits per heavy atom. The second kappa shape index (κ2) is 6.04. The fraction of sp³-hybridized carbons (Fsp3) is 0.500. The quantitative estimate of drug-likeness (QED) is 0.920. The Labute approximate surface area is 129 Å². The van der Waals surface area contributed by atoms with E-state index in [1.165, 1.54) is 12.1 Å². The number of anilines is 1. The summed E-state index contributed by atoms with van der Waals surface area (Å²) in [5, 5.41) is 2.57. The molecule has 0 aliphatic carbocycles. The van der Waals surface area contributed by atoms with Crippen LogP contribution in [0.4, 0.5) is 10.1 Å². The summed E-state index contributed by atoms with van der Waals surface area (Å²) < 4.78 is 13.6. The fourth-order valence-electron chi connectivity index (χ4n) is 3.28. The van der Waals surface area contributed by atoms with Crippen LogP contribution < -0.4 is 5.32 Å². The Kier molecular flexibility index (Phi) is 4.11. The summed E-state index contributed by atoms with van der Waals surface area (Å²) in [5.74, 6) is -0.663. The van der Waals surface area contributed by atoms with E-state index in [0.717, 1.165) is 19.4 Å². The number of carbonyl (C=O) groups excluding carboxylic acids is 2. The predicted molar refractivity (Wildman–Crippen MR) is 80.8 cm³/mol. The van der Waals surface area contributed by atoms with Crippen molar-refractivity contribution in [3.05, 3.63) is 30.1 Å². The van der Waals surface area contributed by atoms with E-state index in [2.05, 4.69) is 5.32 Å². The van der Waals surface area contributed by atoms with E-state index in [0.29, 0.717) is 6.54 Å². The highest BCUT2D eigenvalue weighted by Gasteiger charge is 2.40. The lowest BCUT2D eigenvalue weighted by Gasteiger charge is -2.41. The van der Waals surface area contributed by atoms with Crippen molar-refractivity contribution in [2.75, 3.05) is 25.0 Å². The van der Waals surface area contributed by atoms with Gasteiger partial charge in [-0.3, -0.25) is 14.5 Å². The van der Waals surface area contributed by atoms with Crippen molar-refractivity contribution in [3.63, 3.8) is 0 Å². The van der Waals surface area contributed by atoms with Crippen LogP contribution in [0.15, 0.2) is 24.3 Å². The second-order valence-electron chi connectivity index (χ2n) is 5.96. The first-order valence-electron chi connectivity index (χ1n) is 7.65. The summed E-state index contributed by atoms with van der Waals surface area (Å²) in [6.07, 6.45) is 2.02. The van der Waals surface area contributed by atoms with Gasteiger partial charge in [0.25, 0.3) is 0 Å². The van der Waals surface area contributed by atoms with Crippen molar-refractivity contribution in [2.24, 2.45) is 0 Å². The number of nitrogens with one attached hydrogen (secondary N) is 1. The molecule has 2 atom stereocenters. The Bertz CT molecular complexity index is 593. The van der Waals surface area contributed by atoms with Crippen LogP contribution in [0.2, 0.25) is 0 Å². The molecule has 1 aromatic carbocycles. The molecule has 2 heterocycles. The third-order valence-electron chi connectivity index (χ3n) is 4.51. The number of rotatable bonds is 3. The number of carbonyl (C=O) groups is 2. The lowest BCUT2D eigenvalue weighted by atomic mass is 10.1. The van der Waals surface area contributed by atoms with Crippen LogP contribution >= 0.6 is 0 Å². The number of hydrogen-bond donors (Lipinski definition) is 1. The van der Waals surface area contributed by atoms with Crippen LogP contribution in [-0.2, 0) is 9.59 Å². The zero-order chi connectivity index (χ0) is 15.7. The number of fused-ring (bicyclic) bond motifs is 1. The molecule has 118 valence electrons. The number of benzene rings is 1. The van der Waals surface area contributed by atoms with Crippen molar-refractivity contribution in [1.82, 2.24) is 9.80 Å². The zero-order valence-corrected chi connectivity index (χ0v) is 12.6. The highest BCUT2D eigenvalue weighted by Crippen LogP contribution is 2.25. The highest BCUT2D eigenvalue weighted by atomic mass is 19.1. The van der Waals surface area contributed by atoms with Gasteiger partial charge in [0.1, 0.15) is 5.82 Å². The predicted octanol–water partition coefficient (Wildman–Crippen LogP) is 1.46. The maximum absolute atomic E-state index is 13.6. The third-order valence-corrected chi connectivity index (χ3v) is 4.51. The molecule has 2 saturated heterocycles. The van der Waals surface area contributed by atoms with E-state index < -0.39 is 5.82 Å². The summed E-state index contributed by atoms with van der Waals surface area (Å²) in [6, 6.07) is 5.98. The van der Waals surface area contributed by atoms with E-state index in [1.54, 1.807) is 12.1 Å². The van der Waals surface area contributed by atoms with Crippen LogP contribution in [0.3, 0.4) is 0 Å². The second-order valence-corrected chi connectivity index (χ2v) is 5.96. The minimum Gasteiger partial charge on any atom is -0.337 e. The lowest BCUT2D eigenvalue weighted by Crippen LogP contribution is -2.59. The van der Waals surface area contributed by atoms with E-state index in [1.807, 2.05) is 16.7 Å². The van der Waals surface area contributed by atoms with Crippen LogP contribution in [0.5, 0.6) is 0 Å². The monoisotopic (exact) mass is 305 g/mol. The maximum atomic E-state index is 13.6. The van der Waals surface area contributed by atoms with Crippen LogP contribution in [-0.4, -0.2) is 53.3 Å². The normalized spacial score (nSPS) is 25.2. The van der Waals surface area contributed by atoms with Gasteiger partial charge in [-0.2, -0.15) is 0 Å². The molecule has 0 bridgehead atoms. The van der Waals surface area contributed by atoms with Gasteiger partial charge in [0.05, 0.1) is 18.3 Å². The molecule has 0 aromatic heterocycles. The molecule has 2 aliphatic rings. The topological polar surface area (TPSA) is 52.7 Å². The van der Waals surface area contributed by atoms with E-state index in [-0.39, 0.29) is 36.1 Å². The largest absolute Gasteiger partial charge is 0.337 e. The average Bonchev–Trinajstić information content (AvgIpc) is 2.95. The number of nitrogens with zero attached hydrogens (tertiary/aromatic N) is 2. The Morgan fingerprint density at radius 2 is 2.18 bits per heavy atom. The third kappa shape index (κ3) is 2.83. The number of amides is 2. The summed E-state index contributed by atoms with van der Waals surface area (Å²) in [7, 11) is 0. The van der Waals surface area contributed by atoms with E-state index in [9.17, 15) is 14.0 Å². The molecular weight excluding hydrogens is 285 g/mol. The van der Waals surface area contributed by atoms with Crippen LogP contribution in [0.1, 0.15) is 19.8 Å². The Morgan fingerprint density at radius 3 is 2.95 bits per heavy atom. The summed E-state index contributed by atoms with van der Waals surface area (Å²) in [6.45, 7) is 3.46. The number of hydrogen-bond acceptors (Lipinski definition) is 3. The first kappa shape index (κ1) is 15.0. The van der Waals surface area contributed by atoms with Gasteiger partial charge in [-0.05, 0) is 31.9 Å². The van der Waals surface area contributed by atoms with Crippen molar-refractivity contribution in [2.45, 2.75) is 31.8 Å². The SMILES string of the molecule is C[C@@H]1C(=O)N2CCC[C@@H]2CN1CC(=O)Nc1ccccc1F. The molecule has 1 N–H and O–H groups in total. The minimum atomic E-state index is -0.458. The average molecular weight is 305 g/mol. The summed E-state index contributed by atoms with van der Waals surface area (Å²) in [4.78, 5) is 28.2. The number of piperazine rings is 1. The molecule has 0 spiro atoms. The van der Waals surface area contributed by atoms with E-state index in [4.69, 9.17) is 0 Å². The molecule has 0 saturated carbocycles. The van der Waals surface area contributed by atoms with Crippen molar-refractivity contribution >= 4 is 17.5 Å². The number of halogens is 1. The molecule has 2 amide bonds.